The molecular weight excluding hydrogens is 1120 g/mol. The van der Waals surface area contributed by atoms with Crippen molar-refractivity contribution in [3.8, 4) is 28.4 Å². The van der Waals surface area contributed by atoms with Crippen LogP contribution >= 0.6 is 0 Å². The quantitative estimate of drug-likeness (QED) is 0.149. The Kier molecular flexibility index (Phi) is 9.30. The molecule has 5 nitrogen and oxygen atoms in total. The van der Waals surface area contributed by atoms with Crippen molar-refractivity contribution >= 4 is 44.6 Å². The molecule has 10 aromatic carbocycles. The monoisotopic (exact) mass is 1170 g/mol. The molecule has 1 aliphatic heterocycles. The van der Waals surface area contributed by atoms with E-state index < -0.39 is 11.5 Å². The van der Waals surface area contributed by atoms with E-state index in [4.69, 9.17) is 16.6 Å². The summed E-state index contributed by atoms with van der Waals surface area (Å²) in [4.78, 5) is 9.49. The number of aromatic nitrogens is 2. The molecule has 7 aliphatic rings. The molecule has 0 spiro atoms. The van der Waals surface area contributed by atoms with Crippen molar-refractivity contribution in [3.63, 3.8) is 0 Å². The van der Waals surface area contributed by atoms with E-state index in [1.54, 1.807) is 6.20 Å². The predicted molar refractivity (Wildman–Crippen MR) is 306 cm³/mol. The largest absolute Gasteiger partial charge is 0.509 e. The van der Waals surface area contributed by atoms with E-state index in [0.29, 0.717) is 28.4 Å². The minimum absolute atomic E-state index is 0. The minimum Gasteiger partial charge on any atom is -0.509 e. The first kappa shape index (κ1) is 40.5. The fourth-order valence-corrected chi connectivity index (χ4v) is 13.7. The second kappa shape index (κ2) is 17.7. The van der Waals surface area contributed by atoms with E-state index in [1.807, 2.05) is 60.0 Å². The maximum absolute atomic E-state index is 8.66. The first-order valence-corrected chi connectivity index (χ1v) is 25.9. The number of benzene rings is 10. The van der Waals surface area contributed by atoms with Crippen LogP contribution in [0.2, 0.25) is 0 Å². The second-order valence-corrected chi connectivity index (χ2v) is 20.3. The summed E-state index contributed by atoms with van der Waals surface area (Å²) in [5.41, 5.74) is 18.7. The molecule has 0 N–H and O–H groups in total. The Bertz CT molecular complexity index is 4560. The van der Waals surface area contributed by atoms with Crippen LogP contribution in [0.3, 0.4) is 0 Å². The molecule has 19 rings (SSSR count). The summed E-state index contributed by atoms with van der Waals surface area (Å²) in [6, 6.07) is 80.1. The molecule has 6 heteroatoms. The maximum Gasteiger partial charge on any atom is 0.135 e. The second-order valence-electron chi connectivity index (χ2n) is 20.3. The van der Waals surface area contributed by atoms with E-state index in [-0.39, 0.29) is 68.6 Å². The predicted octanol–water partition coefficient (Wildman–Crippen LogP) is 17.0. The van der Waals surface area contributed by atoms with Crippen LogP contribution in [0.1, 0.15) is 80.2 Å². The minimum atomic E-state index is -0.568. The van der Waals surface area contributed by atoms with Crippen molar-refractivity contribution in [2.75, 3.05) is 9.80 Å². The van der Waals surface area contributed by atoms with E-state index >= 15 is 0 Å². The average Bonchev–Trinajstić information content (AvgIpc) is 0.840. The van der Waals surface area contributed by atoms with Gasteiger partial charge >= 0.3 is 0 Å². The van der Waals surface area contributed by atoms with Gasteiger partial charge in [-0.25, -0.2) is 4.98 Å². The molecule has 6 aliphatic carbocycles. The number of ether oxygens (including phenoxy) is 1. The van der Waals surface area contributed by atoms with Gasteiger partial charge in [-0.05, 0) is 104 Å². The molecule has 0 fully saturated rings. The zero-order chi connectivity index (χ0) is 54.4. The molecule has 4 bridgehead atoms. The van der Waals surface area contributed by atoms with Gasteiger partial charge in [0.15, 0.2) is 0 Å². The number of rotatable bonds is 7. The van der Waals surface area contributed by atoms with E-state index in [2.05, 4.69) is 186 Å². The molecule has 2 aromatic heterocycles. The third kappa shape index (κ3) is 6.60. The average molecular weight is 1170 g/mol. The molecule has 0 saturated carbocycles. The van der Waals surface area contributed by atoms with Crippen LogP contribution in [0.15, 0.2) is 243 Å². The van der Waals surface area contributed by atoms with Gasteiger partial charge in [-0.15, -0.1) is 48.1 Å². The van der Waals surface area contributed by atoms with E-state index in [0.717, 1.165) is 44.6 Å². The Morgan fingerprint density at radius 3 is 1.97 bits per heavy atom. The Hall–Kier alpha value is -8.76. The molecule has 0 radical (unpaired) electrons. The SMILES string of the molecule is [2H]c1c([2H])c([2H])c(-c2cnc(-n3c4[c-]c(Oc5[c-]c(N6[CH-]N(c7cccc8c7C7c9ccccc9C8(c8ccccc8)C8c9ccccc9C7c7ccccc78)c7ccccc76)ccc5)ccc4c4ccccc43)cc2C)c([2H])c1[2H].[Pt]. The van der Waals surface area contributed by atoms with Crippen LogP contribution in [-0.2, 0) is 26.5 Å². The van der Waals surface area contributed by atoms with Crippen LogP contribution in [0.5, 0.6) is 11.5 Å². The van der Waals surface area contributed by atoms with Crippen LogP contribution in [0.4, 0.5) is 22.7 Å². The number of aryl methyl sites for hydroxylation is 1. The molecule has 2 atom stereocenters. The smallest absolute Gasteiger partial charge is 0.135 e. The number of anilines is 4. The van der Waals surface area contributed by atoms with Gasteiger partial charge in [0.1, 0.15) is 5.82 Å². The van der Waals surface area contributed by atoms with Crippen molar-refractivity contribution in [2.24, 2.45) is 0 Å². The summed E-state index contributed by atoms with van der Waals surface area (Å²) in [5.74, 6) is 1.67. The summed E-state index contributed by atoms with van der Waals surface area (Å²) in [7, 11) is 0. The number of pyridine rings is 1. The molecule has 12 aromatic rings. The van der Waals surface area contributed by atoms with E-state index in [9.17, 15) is 0 Å². The van der Waals surface area contributed by atoms with Crippen LogP contribution in [0, 0.1) is 25.7 Å². The van der Waals surface area contributed by atoms with Gasteiger partial charge in [0, 0.05) is 84.7 Å². The molecule has 0 saturated heterocycles. The van der Waals surface area contributed by atoms with Gasteiger partial charge in [0.25, 0.3) is 0 Å². The van der Waals surface area contributed by atoms with Crippen molar-refractivity contribution in [1.82, 2.24) is 9.55 Å². The fourth-order valence-electron chi connectivity index (χ4n) is 13.7. The standard InChI is InChI=1S/C71H47N4O.Pt/c1-45-40-66(72-43-58(45)46-20-4-2-5-21-46)75-61-34-15-13-26-51(61)52-39-38-50(42-65(52)75)76-49-25-18-24-48(41-49)73-44-74(63-36-17-16-35-62(63)73)64-37-19-33-60-69(64)68-57-31-12-14-32-59(57)71(60,47-22-6-3-7-23-47)70-55-29-10-8-27-53(55)67(68)54-28-9-11-30-56(54)70;/h2-40,43-44,67-68,70H,1H3;/q-3;/i2D,4D,5D,20D,21D;. The Balaban J connectivity index is 0.00000576. The summed E-state index contributed by atoms with van der Waals surface area (Å²) in [6.45, 7) is 4.09. The van der Waals surface area contributed by atoms with Crippen molar-refractivity contribution < 1.29 is 32.7 Å². The normalized spacial score (nSPS) is 19.1. The van der Waals surface area contributed by atoms with Gasteiger partial charge in [0.05, 0.1) is 12.3 Å². The van der Waals surface area contributed by atoms with Gasteiger partial charge in [-0.2, -0.15) is 12.1 Å². The van der Waals surface area contributed by atoms with Crippen LogP contribution < -0.4 is 14.5 Å². The third-order valence-corrected chi connectivity index (χ3v) is 16.6. The zero-order valence-corrected chi connectivity index (χ0v) is 43.8. The maximum atomic E-state index is 8.66. The number of nitrogens with zero attached hydrogens (tertiary/aromatic N) is 4. The summed E-state index contributed by atoms with van der Waals surface area (Å²) in [6.07, 6.45) is 1.59. The summed E-state index contributed by atoms with van der Waals surface area (Å²) >= 11 is 0. The topological polar surface area (TPSA) is 33.5 Å². The number of hydrogen-bond donors (Lipinski definition) is 0. The molecule has 3 heterocycles. The van der Waals surface area contributed by atoms with Crippen molar-refractivity contribution in [1.29, 1.82) is 0 Å². The number of fused-ring (bicyclic) bond motifs is 4. The molecule has 77 heavy (non-hydrogen) atoms. The molecule has 2 unspecified atom stereocenters. The summed E-state index contributed by atoms with van der Waals surface area (Å²) < 4.78 is 50.8. The Labute approximate surface area is 469 Å². The van der Waals surface area contributed by atoms with Crippen LogP contribution in [-0.4, -0.2) is 9.55 Å². The van der Waals surface area contributed by atoms with Crippen LogP contribution in [0.25, 0.3) is 38.8 Å². The van der Waals surface area contributed by atoms with Gasteiger partial charge in [-0.3, -0.25) is 0 Å². The molecule has 370 valence electrons. The van der Waals surface area contributed by atoms with Crippen molar-refractivity contribution in [2.45, 2.75) is 30.1 Å². The Morgan fingerprint density at radius 2 is 1.19 bits per heavy atom. The first-order chi connectivity index (χ1) is 39.7. The van der Waals surface area contributed by atoms with Gasteiger partial charge in [0.2, 0.25) is 0 Å². The summed E-state index contributed by atoms with van der Waals surface area (Å²) in [5, 5.41) is 1.96. The van der Waals surface area contributed by atoms with Crippen molar-refractivity contribution in [3.05, 3.63) is 317 Å². The zero-order valence-electron chi connectivity index (χ0n) is 46.5. The van der Waals surface area contributed by atoms with Gasteiger partial charge in [-0.1, -0.05) is 181 Å². The fraction of sp³-hybridized carbons (Fsp3) is 0.0704. The van der Waals surface area contributed by atoms with Gasteiger partial charge < -0.3 is 19.1 Å². The first-order valence-electron chi connectivity index (χ1n) is 28.4. The Morgan fingerprint density at radius 1 is 0.558 bits per heavy atom. The molecule has 0 amide bonds. The number of hydrogen-bond acceptors (Lipinski definition) is 4. The van der Waals surface area contributed by atoms with E-state index in [1.165, 1.54) is 50.1 Å². The third-order valence-electron chi connectivity index (χ3n) is 16.6. The molecular formula is C71H47N4OPt-3. The number of para-hydroxylation sites is 3.